The highest BCUT2D eigenvalue weighted by Gasteiger charge is 2.30. The molecule has 0 bridgehead atoms. The number of carbonyl (C=O) groups excluding carboxylic acids is 1. The molecule has 2 aliphatic heterocycles. The highest BCUT2D eigenvalue weighted by molar-refractivity contribution is 5.79. The zero-order valence-corrected chi connectivity index (χ0v) is 15.5. The molecule has 2 aromatic carbocycles. The first-order valence-electron chi connectivity index (χ1n) is 9.41. The molecule has 2 heterocycles. The summed E-state index contributed by atoms with van der Waals surface area (Å²) in [6, 6.07) is 16.7. The van der Waals surface area contributed by atoms with Gasteiger partial charge in [0.1, 0.15) is 11.9 Å². The fourth-order valence-corrected chi connectivity index (χ4v) is 4.04. The van der Waals surface area contributed by atoms with Crippen molar-refractivity contribution < 1.29 is 9.53 Å². The van der Waals surface area contributed by atoms with Gasteiger partial charge in [0.25, 0.3) is 0 Å². The van der Waals surface area contributed by atoms with E-state index in [1.807, 2.05) is 30.3 Å². The quantitative estimate of drug-likeness (QED) is 0.853. The van der Waals surface area contributed by atoms with Crippen LogP contribution in [0.25, 0.3) is 0 Å². The van der Waals surface area contributed by atoms with E-state index in [1.165, 1.54) is 11.1 Å². The van der Waals surface area contributed by atoms with Crippen molar-refractivity contribution in [2.24, 2.45) is 0 Å². The summed E-state index contributed by atoms with van der Waals surface area (Å²) in [6.07, 6.45) is 1.61. The summed E-state index contributed by atoms with van der Waals surface area (Å²) in [7, 11) is 2.12. The maximum Gasteiger partial charge on any atom is 0.227 e. The molecular weight excluding hydrogens is 324 g/mol. The Kier molecular flexibility index (Phi) is 4.68. The van der Waals surface area contributed by atoms with Gasteiger partial charge < -0.3 is 14.5 Å². The first-order valence-corrected chi connectivity index (χ1v) is 9.41. The number of hydrogen-bond acceptors (Lipinski definition) is 3. The van der Waals surface area contributed by atoms with E-state index in [9.17, 15) is 4.79 Å². The number of ether oxygens (including phenoxy) is 1. The highest BCUT2D eigenvalue weighted by Crippen LogP contribution is 2.30. The third-order valence-corrected chi connectivity index (χ3v) is 5.40. The highest BCUT2D eigenvalue weighted by atomic mass is 16.5. The Morgan fingerprint density at radius 2 is 1.96 bits per heavy atom. The van der Waals surface area contributed by atoms with Crippen LogP contribution in [0.4, 0.5) is 0 Å². The largest absolute Gasteiger partial charge is 0.490 e. The molecule has 0 aliphatic carbocycles. The number of amides is 1. The number of piperazine rings is 1. The topological polar surface area (TPSA) is 32.8 Å². The van der Waals surface area contributed by atoms with Gasteiger partial charge in [-0.3, -0.25) is 4.79 Å². The van der Waals surface area contributed by atoms with Crippen molar-refractivity contribution in [3.63, 3.8) is 0 Å². The van der Waals surface area contributed by atoms with Crippen molar-refractivity contribution in [2.45, 2.75) is 31.9 Å². The van der Waals surface area contributed by atoms with Crippen LogP contribution in [0.1, 0.15) is 29.7 Å². The maximum absolute atomic E-state index is 13.1. The molecule has 4 heteroatoms. The van der Waals surface area contributed by atoms with Crippen LogP contribution < -0.4 is 4.74 Å². The van der Waals surface area contributed by atoms with Crippen LogP contribution in [-0.2, 0) is 17.6 Å². The van der Waals surface area contributed by atoms with E-state index in [2.05, 4.69) is 42.0 Å². The van der Waals surface area contributed by atoms with Crippen LogP contribution in [0.15, 0.2) is 48.5 Å². The number of rotatable bonds is 3. The number of benzene rings is 2. The van der Waals surface area contributed by atoms with Gasteiger partial charge in [-0.15, -0.1) is 0 Å². The molecule has 0 spiro atoms. The Morgan fingerprint density at radius 3 is 2.77 bits per heavy atom. The van der Waals surface area contributed by atoms with Crippen LogP contribution in [0, 0.1) is 0 Å². The summed E-state index contributed by atoms with van der Waals surface area (Å²) in [5.41, 5.74) is 3.52. The molecule has 4 nitrogen and oxygen atoms in total. The Morgan fingerprint density at radius 1 is 1.15 bits per heavy atom. The van der Waals surface area contributed by atoms with E-state index in [0.29, 0.717) is 6.42 Å². The van der Waals surface area contributed by atoms with Gasteiger partial charge in [0.2, 0.25) is 5.91 Å². The second kappa shape index (κ2) is 7.12. The Bertz CT molecular complexity index is 790. The summed E-state index contributed by atoms with van der Waals surface area (Å²) >= 11 is 0. The smallest absolute Gasteiger partial charge is 0.227 e. The van der Waals surface area contributed by atoms with Crippen LogP contribution >= 0.6 is 0 Å². The van der Waals surface area contributed by atoms with Gasteiger partial charge in [0, 0.05) is 26.1 Å². The van der Waals surface area contributed by atoms with Crippen LogP contribution in [0.3, 0.4) is 0 Å². The molecule has 1 saturated heterocycles. The molecule has 26 heavy (non-hydrogen) atoms. The van der Waals surface area contributed by atoms with E-state index in [1.54, 1.807) is 0 Å². The minimum absolute atomic E-state index is 0.125. The normalized spacial score (nSPS) is 22.8. The maximum atomic E-state index is 13.1. The van der Waals surface area contributed by atoms with E-state index >= 15 is 0 Å². The van der Waals surface area contributed by atoms with Gasteiger partial charge >= 0.3 is 0 Å². The molecule has 0 saturated carbocycles. The zero-order chi connectivity index (χ0) is 18.1. The number of carbonyl (C=O) groups is 1. The zero-order valence-electron chi connectivity index (χ0n) is 15.5. The molecule has 0 aromatic heterocycles. The fraction of sp³-hybridized carbons (Fsp3) is 0.409. The molecule has 2 aliphatic rings. The van der Waals surface area contributed by atoms with Gasteiger partial charge in [-0.1, -0.05) is 42.5 Å². The number of hydrogen-bond donors (Lipinski definition) is 0. The summed E-state index contributed by atoms with van der Waals surface area (Å²) < 4.78 is 5.77. The molecule has 1 fully saturated rings. The van der Waals surface area contributed by atoms with Crippen molar-refractivity contribution in [3.05, 3.63) is 65.2 Å². The third-order valence-electron chi connectivity index (χ3n) is 5.40. The van der Waals surface area contributed by atoms with Crippen LogP contribution in [-0.4, -0.2) is 48.5 Å². The molecule has 0 radical (unpaired) electrons. The van der Waals surface area contributed by atoms with Gasteiger partial charge in [-0.2, -0.15) is 0 Å². The van der Waals surface area contributed by atoms with Crippen molar-refractivity contribution >= 4 is 5.91 Å². The molecule has 2 aromatic rings. The van der Waals surface area contributed by atoms with Crippen LogP contribution in [0.2, 0.25) is 0 Å². The van der Waals surface area contributed by atoms with E-state index in [0.717, 1.165) is 37.4 Å². The Hall–Kier alpha value is -2.33. The first-order chi connectivity index (χ1) is 12.6. The van der Waals surface area contributed by atoms with Crippen molar-refractivity contribution in [3.8, 4) is 5.75 Å². The van der Waals surface area contributed by atoms with Crippen molar-refractivity contribution in [1.29, 1.82) is 0 Å². The van der Waals surface area contributed by atoms with E-state index in [-0.39, 0.29) is 18.1 Å². The fourth-order valence-electron chi connectivity index (χ4n) is 4.04. The standard InChI is InChI=1S/C22H26N2O2/c1-16-12-19-13-17(8-9-21(19)26-16)14-22(25)24-11-10-23(2)15-20(24)18-6-4-3-5-7-18/h3-9,13,16,20H,10-12,14-15H2,1-2H3/t16-,20+/m0/s1. The first kappa shape index (κ1) is 17.1. The number of likely N-dealkylation sites (N-methyl/N-ethyl adjacent to an activating group) is 1. The molecule has 0 unspecified atom stereocenters. The molecule has 4 rings (SSSR count). The monoisotopic (exact) mass is 350 g/mol. The second-order valence-electron chi connectivity index (χ2n) is 7.53. The van der Waals surface area contributed by atoms with Gasteiger partial charge in [0.05, 0.1) is 12.5 Å². The average molecular weight is 350 g/mol. The third kappa shape index (κ3) is 3.47. The van der Waals surface area contributed by atoms with Crippen molar-refractivity contribution in [2.75, 3.05) is 26.7 Å². The lowest BCUT2D eigenvalue weighted by Gasteiger charge is -2.40. The SMILES string of the molecule is C[C@H]1Cc2cc(CC(=O)N3CCN(C)C[C@@H]3c3ccccc3)ccc2O1. The summed E-state index contributed by atoms with van der Waals surface area (Å²) in [5, 5.41) is 0. The van der Waals surface area contributed by atoms with Gasteiger partial charge in [0.15, 0.2) is 0 Å². The summed E-state index contributed by atoms with van der Waals surface area (Å²) in [5.74, 6) is 1.18. The summed E-state index contributed by atoms with van der Waals surface area (Å²) in [6.45, 7) is 4.66. The van der Waals surface area contributed by atoms with Gasteiger partial charge in [-0.25, -0.2) is 0 Å². The molecular formula is C22H26N2O2. The van der Waals surface area contributed by atoms with E-state index in [4.69, 9.17) is 4.74 Å². The van der Waals surface area contributed by atoms with Gasteiger partial charge in [-0.05, 0) is 36.7 Å². The Labute approximate surface area is 155 Å². The molecule has 2 atom stereocenters. The number of fused-ring (bicyclic) bond motifs is 1. The van der Waals surface area contributed by atoms with Crippen molar-refractivity contribution in [1.82, 2.24) is 9.80 Å². The predicted molar refractivity (Wildman–Crippen MR) is 102 cm³/mol. The number of nitrogens with zero attached hydrogens (tertiary/aromatic N) is 2. The van der Waals surface area contributed by atoms with E-state index < -0.39 is 0 Å². The Balaban J connectivity index is 1.52. The lowest BCUT2D eigenvalue weighted by atomic mass is 10.0. The minimum Gasteiger partial charge on any atom is -0.490 e. The molecule has 1 amide bonds. The van der Waals surface area contributed by atoms with Crippen LogP contribution in [0.5, 0.6) is 5.75 Å². The average Bonchev–Trinajstić information content (AvgIpc) is 3.01. The lowest BCUT2D eigenvalue weighted by molar-refractivity contribution is -0.135. The second-order valence-corrected chi connectivity index (χ2v) is 7.53. The lowest BCUT2D eigenvalue weighted by Crippen LogP contribution is -2.49. The molecule has 0 N–H and O–H groups in total. The minimum atomic E-state index is 0.125. The molecule has 136 valence electrons. The predicted octanol–water partition coefficient (Wildman–Crippen LogP) is 3.07. The summed E-state index contributed by atoms with van der Waals surface area (Å²) in [4.78, 5) is 17.5.